The molecule has 0 saturated carbocycles. The van der Waals surface area contributed by atoms with Crippen molar-refractivity contribution in [2.24, 2.45) is 5.73 Å². The Labute approximate surface area is 135 Å². The fraction of sp³-hybridized carbons (Fsp3) is 0.286. The molecule has 0 radical (unpaired) electrons. The van der Waals surface area contributed by atoms with Crippen LogP contribution in [0.3, 0.4) is 0 Å². The molecule has 2 aromatic rings. The van der Waals surface area contributed by atoms with Gasteiger partial charge in [0.05, 0.1) is 17.4 Å². The monoisotopic (exact) mass is 346 g/mol. The summed E-state index contributed by atoms with van der Waals surface area (Å²) in [4.78, 5) is 12.0. The molecule has 9 heteroatoms. The van der Waals surface area contributed by atoms with E-state index >= 15 is 0 Å². The highest BCUT2D eigenvalue weighted by Crippen LogP contribution is 2.33. The van der Waals surface area contributed by atoms with E-state index in [9.17, 15) is 18.0 Å². The van der Waals surface area contributed by atoms with Gasteiger partial charge < -0.3 is 11.1 Å². The summed E-state index contributed by atoms with van der Waals surface area (Å²) in [6, 6.07) is 5.67. The van der Waals surface area contributed by atoms with E-state index in [2.05, 4.69) is 10.4 Å². The van der Waals surface area contributed by atoms with E-state index in [0.29, 0.717) is 22.7 Å². The van der Waals surface area contributed by atoms with Gasteiger partial charge in [-0.25, -0.2) is 4.68 Å². The number of carbonyl (C=O) groups excluding carboxylic acids is 1. The summed E-state index contributed by atoms with van der Waals surface area (Å²) in [6.45, 7) is 0.523. The average molecular weight is 347 g/mol. The Morgan fingerprint density at radius 2 is 1.96 bits per heavy atom. The SMILES string of the molecule is NCCCNC(=O)c1cnn(-c2ccc(Cl)cc2)c1C(F)(F)F. The maximum atomic E-state index is 13.4. The molecule has 1 aromatic carbocycles. The number of carbonyl (C=O) groups is 1. The first-order valence-corrected chi connectivity index (χ1v) is 7.12. The second-order valence-corrected chi connectivity index (χ2v) is 5.13. The summed E-state index contributed by atoms with van der Waals surface area (Å²) in [5, 5.41) is 6.48. The van der Waals surface area contributed by atoms with Crippen LogP contribution < -0.4 is 11.1 Å². The highest BCUT2D eigenvalue weighted by molar-refractivity contribution is 6.30. The zero-order valence-corrected chi connectivity index (χ0v) is 12.7. The lowest BCUT2D eigenvalue weighted by molar-refractivity contribution is -0.143. The van der Waals surface area contributed by atoms with Gasteiger partial charge in [0, 0.05) is 11.6 Å². The number of benzene rings is 1. The quantitative estimate of drug-likeness (QED) is 0.817. The highest BCUT2D eigenvalue weighted by Gasteiger charge is 2.40. The van der Waals surface area contributed by atoms with E-state index in [1.807, 2.05) is 0 Å². The first-order valence-electron chi connectivity index (χ1n) is 6.74. The van der Waals surface area contributed by atoms with Gasteiger partial charge in [0.2, 0.25) is 0 Å². The van der Waals surface area contributed by atoms with Crippen molar-refractivity contribution < 1.29 is 18.0 Å². The van der Waals surface area contributed by atoms with Gasteiger partial charge in [0.15, 0.2) is 5.69 Å². The number of amides is 1. The summed E-state index contributed by atoms with van der Waals surface area (Å²) in [6.07, 6.45) is -3.37. The minimum atomic E-state index is -4.74. The zero-order chi connectivity index (χ0) is 17.0. The Balaban J connectivity index is 2.41. The molecular weight excluding hydrogens is 333 g/mol. The fourth-order valence-corrected chi connectivity index (χ4v) is 2.09. The third kappa shape index (κ3) is 4.02. The summed E-state index contributed by atoms with van der Waals surface area (Å²) in [7, 11) is 0. The summed E-state index contributed by atoms with van der Waals surface area (Å²) in [5.41, 5.74) is 3.77. The molecule has 0 aliphatic heterocycles. The van der Waals surface area contributed by atoms with E-state index < -0.39 is 23.3 Å². The Bertz CT molecular complexity index is 682. The Morgan fingerprint density at radius 3 is 2.52 bits per heavy atom. The van der Waals surface area contributed by atoms with Crippen LogP contribution in [-0.2, 0) is 6.18 Å². The van der Waals surface area contributed by atoms with Crippen molar-refractivity contribution in [1.29, 1.82) is 0 Å². The summed E-state index contributed by atoms with van der Waals surface area (Å²) in [5.74, 6) is -0.842. The summed E-state index contributed by atoms with van der Waals surface area (Å²) >= 11 is 5.73. The molecule has 0 bridgehead atoms. The second-order valence-electron chi connectivity index (χ2n) is 4.69. The standard InChI is InChI=1S/C14H14ClF3N4O/c15-9-2-4-10(5-3-9)22-12(14(16,17)18)11(8-21-22)13(23)20-7-1-6-19/h2-5,8H,1,6-7,19H2,(H,20,23). The number of alkyl halides is 3. The molecule has 23 heavy (non-hydrogen) atoms. The second kappa shape index (κ2) is 7.01. The van der Waals surface area contributed by atoms with Crippen LogP contribution in [0.1, 0.15) is 22.5 Å². The van der Waals surface area contributed by atoms with Crippen LogP contribution in [0.15, 0.2) is 30.5 Å². The Hall–Kier alpha value is -2.06. The molecule has 0 unspecified atom stereocenters. The molecule has 1 amide bonds. The summed E-state index contributed by atoms with van der Waals surface area (Å²) < 4.78 is 40.8. The van der Waals surface area contributed by atoms with Crippen LogP contribution in [0.2, 0.25) is 5.02 Å². The van der Waals surface area contributed by atoms with Crippen molar-refractivity contribution in [2.75, 3.05) is 13.1 Å². The number of nitrogens with zero attached hydrogens (tertiary/aromatic N) is 2. The largest absolute Gasteiger partial charge is 0.434 e. The molecule has 3 N–H and O–H groups in total. The van der Waals surface area contributed by atoms with E-state index in [-0.39, 0.29) is 12.2 Å². The van der Waals surface area contributed by atoms with Gasteiger partial charge >= 0.3 is 6.18 Å². The number of nitrogens with two attached hydrogens (primary N) is 1. The normalized spacial score (nSPS) is 11.5. The number of rotatable bonds is 5. The van der Waals surface area contributed by atoms with E-state index in [0.717, 1.165) is 6.20 Å². The molecule has 1 aromatic heterocycles. The first-order chi connectivity index (χ1) is 10.8. The number of hydrogen-bond acceptors (Lipinski definition) is 3. The van der Waals surface area contributed by atoms with Crippen LogP contribution in [0.4, 0.5) is 13.2 Å². The van der Waals surface area contributed by atoms with Crippen LogP contribution in [0, 0.1) is 0 Å². The third-order valence-corrected chi connectivity index (χ3v) is 3.27. The maximum Gasteiger partial charge on any atom is 0.434 e. The van der Waals surface area contributed by atoms with Crippen molar-refractivity contribution in [1.82, 2.24) is 15.1 Å². The lowest BCUT2D eigenvalue weighted by atomic mass is 10.2. The highest BCUT2D eigenvalue weighted by atomic mass is 35.5. The molecule has 124 valence electrons. The number of nitrogens with one attached hydrogen (secondary N) is 1. The van der Waals surface area contributed by atoms with Gasteiger partial charge in [0.25, 0.3) is 5.91 Å². The van der Waals surface area contributed by atoms with Crippen molar-refractivity contribution in [2.45, 2.75) is 12.6 Å². The minimum absolute atomic E-state index is 0.155. The van der Waals surface area contributed by atoms with Gasteiger partial charge in [-0.1, -0.05) is 11.6 Å². The lowest BCUT2D eigenvalue weighted by Crippen LogP contribution is -2.28. The van der Waals surface area contributed by atoms with Crippen LogP contribution in [-0.4, -0.2) is 28.8 Å². The van der Waals surface area contributed by atoms with E-state index in [1.165, 1.54) is 24.3 Å². The van der Waals surface area contributed by atoms with Gasteiger partial charge in [0.1, 0.15) is 0 Å². The molecule has 0 spiro atoms. The van der Waals surface area contributed by atoms with Gasteiger partial charge in [-0.2, -0.15) is 18.3 Å². The van der Waals surface area contributed by atoms with Crippen molar-refractivity contribution in [3.05, 3.63) is 46.7 Å². The van der Waals surface area contributed by atoms with Gasteiger partial charge in [-0.05, 0) is 37.2 Å². The van der Waals surface area contributed by atoms with Crippen molar-refractivity contribution in [3.63, 3.8) is 0 Å². The molecule has 1 heterocycles. The molecule has 0 saturated heterocycles. The molecule has 0 aliphatic rings. The lowest BCUT2D eigenvalue weighted by Gasteiger charge is -2.13. The molecule has 0 atom stereocenters. The predicted molar refractivity (Wildman–Crippen MR) is 79.6 cm³/mol. The first kappa shape index (κ1) is 17.3. The topological polar surface area (TPSA) is 72.9 Å². The molecule has 2 rings (SSSR count). The minimum Gasteiger partial charge on any atom is -0.352 e. The van der Waals surface area contributed by atoms with E-state index in [4.69, 9.17) is 17.3 Å². The fourth-order valence-electron chi connectivity index (χ4n) is 1.96. The van der Waals surface area contributed by atoms with Crippen molar-refractivity contribution >= 4 is 17.5 Å². The average Bonchev–Trinajstić information content (AvgIpc) is 2.93. The molecule has 0 fully saturated rings. The number of aromatic nitrogens is 2. The Morgan fingerprint density at radius 1 is 1.30 bits per heavy atom. The smallest absolute Gasteiger partial charge is 0.352 e. The van der Waals surface area contributed by atoms with Crippen LogP contribution in [0.25, 0.3) is 5.69 Å². The van der Waals surface area contributed by atoms with Crippen LogP contribution >= 0.6 is 11.6 Å². The van der Waals surface area contributed by atoms with Crippen molar-refractivity contribution in [3.8, 4) is 5.69 Å². The number of halogens is 4. The predicted octanol–water partition coefficient (Wildman–Crippen LogP) is 2.62. The molecule has 5 nitrogen and oxygen atoms in total. The van der Waals surface area contributed by atoms with Gasteiger partial charge in [-0.3, -0.25) is 4.79 Å². The maximum absolute atomic E-state index is 13.4. The van der Waals surface area contributed by atoms with Crippen LogP contribution in [0.5, 0.6) is 0 Å². The number of hydrogen-bond donors (Lipinski definition) is 2. The zero-order valence-electron chi connectivity index (χ0n) is 11.9. The third-order valence-electron chi connectivity index (χ3n) is 3.02. The van der Waals surface area contributed by atoms with Gasteiger partial charge in [-0.15, -0.1) is 0 Å². The van der Waals surface area contributed by atoms with E-state index in [1.54, 1.807) is 0 Å². The molecular formula is C14H14ClF3N4O. The Kier molecular flexibility index (Phi) is 5.27. The molecule has 0 aliphatic carbocycles.